The van der Waals surface area contributed by atoms with Crippen molar-refractivity contribution in [3.05, 3.63) is 77.7 Å². The number of allylic oxidation sites excluding steroid dienone is 3. The van der Waals surface area contributed by atoms with Crippen molar-refractivity contribution in [1.29, 1.82) is 0 Å². The van der Waals surface area contributed by atoms with Crippen molar-refractivity contribution in [2.45, 2.75) is 45.1 Å². The third-order valence-corrected chi connectivity index (χ3v) is 5.98. The van der Waals surface area contributed by atoms with Gasteiger partial charge in [-0.25, -0.2) is 17.6 Å². The Morgan fingerprint density at radius 2 is 1.88 bits per heavy atom. The van der Waals surface area contributed by atoms with Gasteiger partial charge in [-0.3, -0.25) is 4.99 Å². The van der Waals surface area contributed by atoms with Crippen LogP contribution in [0, 0.1) is 0 Å². The Balaban J connectivity index is 1.70. The van der Waals surface area contributed by atoms with Gasteiger partial charge in [-0.05, 0) is 36.0 Å². The standard InChI is InChI=1S/C26H31F4N3/c1-4-20(16-32(3)17-25(29)30)21-7-5-19(6-8-21)15-33-14-12-22-11-13-31-23(9-10-24(27)28)26(22)18(33)2/h4-8,16,24-25H,1-2,9-15,17H2,3H3/b20-16+. The van der Waals surface area contributed by atoms with E-state index in [2.05, 4.69) is 23.1 Å². The van der Waals surface area contributed by atoms with Crippen molar-refractivity contribution in [3.63, 3.8) is 0 Å². The Labute approximate surface area is 193 Å². The minimum Gasteiger partial charge on any atom is -0.374 e. The normalized spacial score (nSPS) is 16.9. The molecule has 2 aliphatic rings. The average molecular weight is 462 g/mol. The molecule has 0 bridgehead atoms. The van der Waals surface area contributed by atoms with Crippen LogP contribution in [-0.2, 0) is 6.54 Å². The van der Waals surface area contributed by atoms with Gasteiger partial charge in [0.25, 0.3) is 6.43 Å². The van der Waals surface area contributed by atoms with E-state index in [0.717, 1.165) is 53.1 Å². The molecule has 1 aromatic carbocycles. The molecule has 0 amide bonds. The number of rotatable bonds is 10. The highest BCUT2D eigenvalue weighted by Crippen LogP contribution is 2.34. The van der Waals surface area contributed by atoms with Crippen LogP contribution in [0.4, 0.5) is 17.6 Å². The Morgan fingerprint density at radius 3 is 2.52 bits per heavy atom. The highest BCUT2D eigenvalue weighted by atomic mass is 19.3. The maximum absolute atomic E-state index is 12.8. The third-order valence-electron chi connectivity index (χ3n) is 5.98. The van der Waals surface area contributed by atoms with E-state index in [1.165, 1.54) is 10.5 Å². The molecule has 178 valence electrons. The van der Waals surface area contributed by atoms with Crippen molar-refractivity contribution in [3.8, 4) is 0 Å². The van der Waals surface area contributed by atoms with E-state index in [-0.39, 0.29) is 19.4 Å². The molecule has 0 unspecified atom stereocenters. The van der Waals surface area contributed by atoms with E-state index in [9.17, 15) is 17.6 Å². The fourth-order valence-corrected chi connectivity index (χ4v) is 4.32. The van der Waals surface area contributed by atoms with E-state index < -0.39 is 12.9 Å². The van der Waals surface area contributed by atoms with Crippen LogP contribution in [0.3, 0.4) is 0 Å². The SMILES string of the molecule is C=C/C(=C\N(C)CC(F)F)c1ccc(CN2CCC3=C(C2=C)C(CCC(F)F)=NCC3)cc1. The van der Waals surface area contributed by atoms with E-state index in [1.807, 2.05) is 24.3 Å². The molecule has 0 saturated heterocycles. The lowest BCUT2D eigenvalue weighted by molar-refractivity contribution is 0.117. The van der Waals surface area contributed by atoms with E-state index >= 15 is 0 Å². The summed E-state index contributed by atoms with van der Waals surface area (Å²) in [5.74, 6) is 0. The summed E-state index contributed by atoms with van der Waals surface area (Å²) in [6.45, 7) is 9.89. The number of aliphatic imine (C=N–C) groups is 1. The highest BCUT2D eigenvalue weighted by molar-refractivity contribution is 6.05. The molecule has 3 rings (SSSR count). The summed E-state index contributed by atoms with van der Waals surface area (Å²) >= 11 is 0. The summed E-state index contributed by atoms with van der Waals surface area (Å²) < 4.78 is 50.7. The minimum atomic E-state index is -2.40. The van der Waals surface area contributed by atoms with Crippen LogP contribution in [0.1, 0.15) is 36.8 Å². The van der Waals surface area contributed by atoms with E-state index in [1.54, 1.807) is 19.3 Å². The Morgan fingerprint density at radius 1 is 1.15 bits per heavy atom. The van der Waals surface area contributed by atoms with Gasteiger partial charge in [-0.2, -0.15) is 0 Å². The summed E-state index contributed by atoms with van der Waals surface area (Å²) in [4.78, 5) is 8.16. The summed E-state index contributed by atoms with van der Waals surface area (Å²) in [5, 5.41) is 0. The Bertz CT molecular complexity index is 945. The number of hydrogen-bond donors (Lipinski definition) is 0. The summed E-state index contributed by atoms with van der Waals surface area (Å²) in [7, 11) is 1.61. The van der Waals surface area contributed by atoms with Gasteiger partial charge in [0, 0.05) is 56.3 Å². The van der Waals surface area contributed by atoms with Gasteiger partial charge in [-0.1, -0.05) is 49.1 Å². The van der Waals surface area contributed by atoms with Crippen LogP contribution in [-0.4, -0.2) is 55.0 Å². The van der Waals surface area contributed by atoms with Crippen LogP contribution < -0.4 is 0 Å². The molecule has 0 radical (unpaired) electrons. The fourth-order valence-electron chi connectivity index (χ4n) is 4.32. The first-order chi connectivity index (χ1) is 15.8. The smallest absolute Gasteiger partial charge is 0.255 e. The molecule has 0 fully saturated rings. The molecular weight excluding hydrogens is 430 g/mol. The zero-order valence-electron chi connectivity index (χ0n) is 19.0. The second-order valence-electron chi connectivity index (χ2n) is 8.42. The predicted octanol–water partition coefficient (Wildman–Crippen LogP) is 6.32. The minimum absolute atomic E-state index is 0.185. The number of hydrogen-bond acceptors (Lipinski definition) is 3. The van der Waals surface area contributed by atoms with Crippen molar-refractivity contribution in [2.75, 3.05) is 26.7 Å². The quantitative estimate of drug-likeness (QED) is 0.300. The van der Waals surface area contributed by atoms with Crippen molar-refractivity contribution in [2.24, 2.45) is 4.99 Å². The molecule has 0 atom stereocenters. The maximum Gasteiger partial charge on any atom is 0.255 e. The van der Waals surface area contributed by atoms with Crippen LogP contribution in [0.15, 0.2) is 71.5 Å². The molecule has 2 heterocycles. The second kappa shape index (κ2) is 11.3. The molecule has 0 aromatic heterocycles. The lowest BCUT2D eigenvalue weighted by Gasteiger charge is -2.36. The molecule has 0 saturated carbocycles. The first-order valence-corrected chi connectivity index (χ1v) is 11.2. The van der Waals surface area contributed by atoms with Crippen molar-refractivity contribution in [1.82, 2.24) is 9.80 Å². The fraction of sp³-hybridized carbons (Fsp3) is 0.423. The molecule has 0 aliphatic carbocycles. The van der Waals surface area contributed by atoms with Gasteiger partial charge >= 0.3 is 0 Å². The van der Waals surface area contributed by atoms with E-state index in [0.29, 0.717) is 13.1 Å². The predicted molar refractivity (Wildman–Crippen MR) is 127 cm³/mol. The molecular formula is C26H31F4N3. The van der Waals surface area contributed by atoms with Crippen LogP contribution >= 0.6 is 0 Å². The Hall–Kier alpha value is -2.83. The summed E-state index contributed by atoms with van der Waals surface area (Å²) in [6, 6.07) is 7.91. The summed E-state index contributed by atoms with van der Waals surface area (Å²) in [6.07, 6.45) is 0.419. The van der Waals surface area contributed by atoms with Gasteiger partial charge in [0.1, 0.15) is 0 Å². The first kappa shape index (κ1) is 24.8. The molecule has 7 heteroatoms. The molecule has 0 spiro atoms. The molecule has 0 N–H and O–H groups in total. The van der Waals surface area contributed by atoms with Crippen LogP contribution in [0.5, 0.6) is 0 Å². The molecule has 3 nitrogen and oxygen atoms in total. The van der Waals surface area contributed by atoms with Gasteiger partial charge in [0.05, 0.1) is 6.54 Å². The van der Waals surface area contributed by atoms with Gasteiger partial charge in [0.15, 0.2) is 0 Å². The van der Waals surface area contributed by atoms with Crippen LogP contribution in [0.2, 0.25) is 0 Å². The lowest BCUT2D eigenvalue weighted by atomic mass is 9.87. The number of nitrogens with zero attached hydrogens (tertiary/aromatic N) is 3. The largest absolute Gasteiger partial charge is 0.374 e. The molecule has 2 aliphatic heterocycles. The average Bonchev–Trinajstić information content (AvgIpc) is 2.78. The van der Waals surface area contributed by atoms with Crippen molar-refractivity contribution < 1.29 is 17.6 Å². The third kappa shape index (κ3) is 6.59. The van der Waals surface area contributed by atoms with Gasteiger partial charge in [0.2, 0.25) is 6.43 Å². The highest BCUT2D eigenvalue weighted by Gasteiger charge is 2.27. The van der Waals surface area contributed by atoms with Gasteiger partial charge in [-0.15, -0.1) is 0 Å². The van der Waals surface area contributed by atoms with Gasteiger partial charge < -0.3 is 9.80 Å². The maximum atomic E-state index is 12.8. The number of dihydropyridines is 1. The molecule has 1 aromatic rings. The van der Waals surface area contributed by atoms with E-state index in [4.69, 9.17) is 0 Å². The zero-order valence-corrected chi connectivity index (χ0v) is 19.0. The second-order valence-corrected chi connectivity index (χ2v) is 8.42. The molecule has 33 heavy (non-hydrogen) atoms. The zero-order chi connectivity index (χ0) is 24.0. The lowest BCUT2D eigenvalue weighted by Crippen LogP contribution is -2.33. The number of halogens is 4. The Kier molecular flexibility index (Phi) is 8.53. The number of benzene rings is 1. The topological polar surface area (TPSA) is 18.8 Å². The number of alkyl halides is 4. The van der Waals surface area contributed by atoms with Crippen LogP contribution in [0.25, 0.3) is 5.57 Å². The first-order valence-electron chi connectivity index (χ1n) is 11.2. The monoisotopic (exact) mass is 461 g/mol. The van der Waals surface area contributed by atoms with Crippen molar-refractivity contribution >= 4 is 11.3 Å². The summed E-state index contributed by atoms with van der Waals surface area (Å²) in [5.41, 5.74) is 6.61.